The van der Waals surface area contributed by atoms with Crippen molar-refractivity contribution < 1.29 is 19.4 Å². The highest BCUT2D eigenvalue weighted by Crippen LogP contribution is 2.40. The number of aliphatic hydroxyl groups excluding tert-OH is 1. The Balaban J connectivity index is 1.68. The number of amides is 1. The summed E-state index contributed by atoms with van der Waals surface area (Å²) in [5.74, 6) is -0.687. The smallest absolute Gasteiger partial charge is 0.290 e. The van der Waals surface area contributed by atoms with Gasteiger partial charge in [-0.3, -0.25) is 9.59 Å². The number of ketones is 1. The minimum atomic E-state index is -0.719. The summed E-state index contributed by atoms with van der Waals surface area (Å²) in [7, 11) is 1.61. The summed E-state index contributed by atoms with van der Waals surface area (Å²) >= 11 is 6.37. The van der Waals surface area contributed by atoms with Gasteiger partial charge in [-0.1, -0.05) is 29.8 Å². The van der Waals surface area contributed by atoms with Gasteiger partial charge in [0.25, 0.3) is 5.91 Å². The lowest BCUT2D eigenvalue weighted by molar-refractivity contribution is -0.129. The van der Waals surface area contributed by atoms with Gasteiger partial charge in [-0.2, -0.15) is 0 Å². The number of benzene rings is 2. The largest absolute Gasteiger partial charge is 0.503 e. The predicted molar refractivity (Wildman–Crippen MR) is 115 cm³/mol. The number of rotatable bonds is 6. The van der Waals surface area contributed by atoms with Crippen molar-refractivity contribution in [3.63, 3.8) is 0 Å². The van der Waals surface area contributed by atoms with Crippen molar-refractivity contribution in [2.75, 3.05) is 13.7 Å². The third-order valence-electron chi connectivity index (χ3n) is 5.48. The zero-order valence-electron chi connectivity index (χ0n) is 16.6. The van der Waals surface area contributed by atoms with Crippen LogP contribution in [0.2, 0.25) is 5.02 Å². The number of methoxy groups -OCH3 is 1. The van der Waals surface area contributed by atoms with Gasteiger partial charge in [0, 0.05) is 28.7 Å². The molecule has 0 aliphatic carbocycles. The number of nitrogens with one attached hydrogen (secondary N) is 1. The number of hydrogen-bond acceptors (Lipinski definition) is 4. The number of aromatic amines is 1. The van der Waals surface area contributed by atoms with Crippen LogP contribution in [0.25, 0.3) is 10.9 Å². The van der Waals surface area contributed by atoms with Crippen LogP contribution in [-0.2, 0) is 16.0 Å². The number of H-pyrrole nitrogens is 1. The summed E-state index contributed by atoms with van der Waals surface area (Å²) in [6, 6.07) is 12.1. The van der Waals surface area contributed by atoms with Gasteiger partial charge in [0.2, 0.25) is 0 Å². The third-order valence-corrected chi connectivity index (χ3v) is 5.82. The van der Waals surface area contributed by atoms with E-state index in [0.717, 1.165) is 22.2 Å². The molecule has 0 unspecified atom stereocenters. The van der Waals surface area contributed by atoms with E-state index in [1.54, 1.807) is 31.4 Å². The first-order valence-electron chi connectivity index (χ1n) is 9.55. The Labute approximate surface area is 178 Å². The van der Waals surface area contributed by atoms with Crippen molar-refractivity contribution in [3.8, 4) is 5.75 Å². The summed E-state index contributed by atoms with van der Waals surface area (Å²) in [6.45, 7) is 1.65. The molecule has 30 heavy (non-hydrogen) atoms. The van der Waals surface area contributed by atoms with Gasteiger partial charge in [0.05, 0.1) is 18.7 Å². The van der Waals surface area contributed by atoms with Crippen LogP contribution in [0.15, 0.2) is 60.0 Å². The highest BCUT2D eigenvalue weighted by atomic mass is 35.5. The summed E-state index contributed by atoms with van der Waals surface area (Å²) < 4.78 is 5.31. The lowest BCUT2D eigenvalue weighted by Crippen LogP contribution is -2.33. The molecule has 7 heteroatoms. The summed E-state index contributed by atoms with van der Waals surface area (Å²) in [4.78, 5) is 29.8. The monoisotopic (exact) mass is 424 g/mol. The molecule has 1 aromatic heterocycles. The molecule has 154 valence electrons. The average Bonchev–Trinajstić information content (AvgIpc) is 3.25. The summed E-state index contributed by atoms with van der Waals surface area (Å²) in [5, 5.41) is 11.9. The van der Waals surface area contributed by atoms with Gasteiger partial charge >= 0.3 is 0 Å². The SMILES string of the molecule is COc1ccc2[nH]cc(CCN3C(=O)C(O)=C(C(C)=O)[C@H]3c3ccccc3Cl)c2c1. The number of aromatic nitrogens is 1. The molecule has 2 N–H and O–H groups in total. The van der Waals surface area contributed by atoms with Gasteiger partial charge in [-0.05, 0) is 48.7 Å². The van der Waals surface area contributed by atoms with Crippen molar-refractivity contribution in [2.45, 2.75) is 19.4 Å². The lowest BCUT2D eigenvalue weighted by Gasteiger charge is -2.27. The van der Waals surface area contributed by atoms with Crippen LogP contribution in [0.4, 0.5) is 0 Å². The third kappa shape index (κ3) is 3.33. The average molecular weight is 425 g/mol. The number of halogens is 1. The predicted octanol–water partition coefficient (Wildman–Crippen LogP) is 4.36. The molecule has 0 fully saturated rings. The zero-order valence-corrected chi connectivity index (χ0v) is 17.4. The van der Waals surface area contributed by atoms with Crippen LogP contribution in [-0.4, -0.2) is 40.3 Å². The van der Waals surface area contributed by atoms with Crippen molar-refractivity contribution in [1.29, 1.82) is 0 Å². The van der Waals surface area contributed by atoms with Gasteiger partial charge in [0.15, 0.2) is 11.5 Å². The fraction of sp³-hybridized carbons (Fsp3) is 0.217. The lowest BCUT2D eigenvalue weighted by atomic mass is 9.96. The minimum Gasteiger partial charge on any atom is -0.503 e. The Morgan fingerprint density at radius 1 is 1.27 bits per heavy atom. The number of fused-ring (bicyclic) bond motifs is 1. The molecular weight excluding hydrogens is 404 g/mol. The molecule has 1 aliphatic heterocycles. The van der Waals surface area contributed by atoms with E-state index in [4.69, 9.17) is 16.3 Å². The van der Waals surface area contributed by atoms with E-state index in [0.29, 0.717) is 23.6 Å². The second-order valence-electron chi connectivity index (χ2n) is 7.22. The molecule has 0 radical (unpaired) electrons. The van der Waals surface area contributed by atoms with Crippen LogP contribution in [0.3, 0.4) is 0 Å². The first-order chi connectivity index (χ1) is 14.4. The maximum Gasteiger partial charge on any atom is 0.290 e. The fourth-order valence-corrected chi connectivity index (χ4v) is 4.24. The molecular formula is C23H21ClN2O4. The van der Waals surface area contributed by atoms with Crippen LogP contribution in [0.5, 0.6) is 5.75 Å². The van der Waals surface area contributed by atoms with Crippen LogP contribution in [0.1, 0.15) is 24.1 Å². The molecule has 1 amide bonds. The van der Waals surface area contributed by atoms with Crippen LogP contribution >= 0.6 is 11.6 Å². The van der Waals surface area contributed by atoms with Crippen LogP contribution in [0, 0.1) is 0 Å². The molecule has 0 saturated heterocycles. The van der Waals surface area contributed by atoms with Crippen molar-refractivity contribution in [1.82, 2.24) is 9.88 Å². The Bertz CT molecular complexity index is 1180. The Kier molecular flexibility index (Phi) is 5.26. The molecule has 3 aromatic rings. The Morgan fingerprint density at radius 2 is 2.03 bits per heavy atom. The van der Waals surface area contributed by atoms with E-state index in [9.17, 15) is 14.7 Å². The number of hydrogen-bond donors (Lipinski definition) is 2. The Morgan fingerprint density at radius 3 is 2.73 bits per heavy atom. The van der Waals surface area contributed by atoms with E-state index in [1.165, 1.54) is 11.8 Å². The highest BCUT2D eigenvalue weighted by Gasteiger charge is 2.42. The van der Waals surface area contributed by atoms with Gasteiger partial charge in [0.1, 0.15) is 5.75 Å². The topological polar surface area (TPSA) is 82.6 Å². The number of Topliss-reactive ketones (excluding diaryl/α,β-unsaturated/α-hetero) is 1. The molecule has 1 atom stereocenters. The number of nitrogens with zero attached hydrogens (tertiary/aromatic N) is 1. The van der Waals surface area contributed by atoms with Crippen molar-refractivity contribution in [2.24, 2.45) is 0 Å². The van der Waals surface area contributed by atoms with Gasteiger partial charge in [-0.15, -0.1) is 0 Å². The highest BCUT2D eigenvalue weighted by molar-refractivity contribution is 6.31. The maximum absolute atomic E-state index is 12.8. The number of carbonyl (C=O) groups is 2. The second-order valence-corrected chi connectivity index (χ2v) is 7.62. The summed E-state index contributed by atoms with van der Waals surface area (Å²) in [5.41, 5.74) is 2.66. The molecule has 4 rings (SSSR count). The number of ether oxygens (including phenoxy) is 1. The van der Waals surface area contributed by atoms with Crippen molar-refractivity contribution in [3.05, 3.63) is 76.1 Å². The molecule has 0 spiro atoms. The molecule has 0 bridgehead atoms. The quantitative estimate of drug-likeness (QED) is 0.616. The number of aliphatic hydroxyl groups is 1. The van der Waals surface area contributed by atoms with E-state index < -0.39 is 17.7 Å². The second kappa shape index (κ2) is 7.88. The maximum atomic E-state index is 12.8. The molecule has 0 saturated carbocycles. The fourth-order valence-electron chi connectivity index (χ4n) is 4.00. The van der Waals surface area contributed by atoms with Crippen LogP contribution < -0.4 is 4.74 Å². The van der Waals surface area contributed by atoms with E-state index >= 15 is 0 Å². The molecule has 6 nitrogen and oxygen atoms in total. The van der Waals surface area contributed by atoms with E-state index in [-0.39, 0.29) is 11.4 Å². The van der Waals surface area contributed by atoms with Crippen molar-refractivity contribution >= 4 is 34.2 Å². The normalized spacial score (nSPS) is 16.6. The summed E-state index contributed by atoms with van der Waals surface area (Å²) in [6.07, 6.45) is 2.42. The van der Waals surface area contributed by atoms with E-state index in [1.807, 2.05) is 24.4 Å². The zero-order chi connectivity index (χ0) is 21.4. The standard InChI is InChI=1S/C23H21ClN2O4/c1-13(27)20-21(16-5-3-4-6-18(16)24)26(23(29)22(20)28)10-9-14-12-25-19-8-7-15(30-2)11-17(14)19/h3-8,11-12,21,25,28H,9-10H2,1-2H3/t21-/m1/s1. The first kappa shape index (κ1) is 20.0. The first-order valence-corrected chi connectivity index (χ1v) is 9.93. The van der Waals surface area contributed by atoms with E-state index in [2.05, 4.69) is 4.98 Å². The number of carbonyl (C=O) groups excluding carboxylic acids is 2. The minimum absolute atomic E-state index is 0.0775. The molecule has 2 aromatic carbocycles. The van der Waals surface area contributed by atoms with Gasteiger partial charge in [-0.25, -0.2) is 0 Å². The Hall–Kier alpha value is -3.25. The molecule has 1 aliphatic rings. The molecule has 2 heterocycles. The van der Waals surface area contributed by atoms with Gasteiger partial charge < -0.3 is 19.7 Å².